The van der Waals surface area contributed by atoms with Gasteiger partial charge in [-0.3, -0.25) is 9.36 Å². The first kappa shape index (κ1) is 21.9. The Kier molecular flexibility index (Phi) is 7.54. The third kappa shape index (κ3) is 5.64. The SMILES string of the molecule is C=CCn1c(SCC(=O)NCc2ccc(N(C)C)cc2)nnc1-c1ccc(Cl)cc1. The van der Waals surface area contributed by atoms with E-state index in [9.17, 15) is 4.79 Å². The number of aromatic nitrogens is 3. The lowest BCUT2D eigenvalue weighted by Crippen LogP contribution is -2.24. The number of rotatable bonds is 9. The van der Waals surface area contributed by atoms with E-state index in [4.69, 9.17) is 11.6 Å². The molecule has 30 heavy (non-hydrogen) atoms. The highest BCUT2D eigenvalue weighted by atomic mass is 35.5. The van der Waals surface area contributed by atoms with Crippen molar-refractivity contribution in [2.24, 2.45) is 0 Å². The van der Waals surface area contributed by atoms with E-state index >= 15 is 0 Å². The van der Waals surface area contributed by atoms with Crippen molar-refractivity contribution in [3.05, 3.63) is 71.8 Å². The molecule has 0 aliphatic rings. The predicted octanol–water partition coefficient (Wildman–Crippen LogP) is 4.26. The molecular formula is C22H24ClN5OS. The van der Waals surface area contributed by atoms with E-state index in [0.717, 1.165) is 22.6 Å². The predicted molar refractivity (Wildman–Crippen MR) is 124 cm³/mol. The largest absolute Gasteiger partial charge is 0.378 e. The first-order chi connectivity index (χ1) is 14.5. The van der Waals surface area contributed by atoms with Crippen molar-refractivity contribution in [2.45, 2.75) is 18.2 Å². The average Bonchev–Trinajstić information content (AvgIpc) is 3.14. The Bertz CT molecular complexity index is 999. The second-order valence-electron chi connectivity index (χ2n) is 6.84. The summed E-state index contributed by atoms with van der Waals surface area (Å²) in [4.78, 5) is 14.4. The van der Waals surface area contributed by atoms with Crippen molar-refractivity contribution in [3.63, 3.8) is 0 Å². The number of thioether (sulfide) groups is 1. The number of benzene rings is 2. The summed E-state index contributed by atoms with van der Waals surface area (Å²) in [7, 11) is 3.99. The fraction of sp³-hybridized carbons (Fsp3) is 0.227. The number of hydrogen-bond acceptors (Lipinski definition) is 5. The molecule has 0 spiro atoms. The molecule has 156 valence electrons. The highest BCUT2D eigenvalue weighted by molar-refractivity contribution is 7.99. The summed E-state index contributed by atoms with van der Waals surface area (Å²) in [6, 6.07) is 15.5. The Labute approximate surface area is 186 Å². The fourth-order valence-corrected chi connectivity index (χ4v) is 3.70. The van der Waals surface area contributed by atoms with Crippen LogP contribution >= 0.6 is 23.4 Å². The third-order valence-electron chi connectivity index (χ3n) is 4.41. The van der Waals surface area contributed by atoms with Crippen molar-refractivity contribution >= 4 is 35.0 Å². The fourth-order valence-electron chi connectivity index (χ4n) is 2.80. The molecule has 0 bridgehead atoms. The topological polar surface area (TPSA) is 63.1 Å². The highest BCUT2D eigenvalue weighted by Crippen LogP contribution is 2.25. The van der Waals surface area contributed by atoms with E-state index in [1.165, 1.54) is 11.8 Å². The van der Waals surface area contributed by atoms with Crippen LogP contribution in [0.2, 0.25) is 5.02 Å². The molecule has 0 aliphatic heterocycles. The molecule has 6 nitrogen and oxygen atoms in total. The number of carbonyl (C=O) groups is 1. The van der Waals surface area contributed by atoms with Gasteiger partial charge in [0.2, 0.25) is 5.91 Å². The summed E-state index contributed by atoms with van der Waals surface area (Å²) in [6.45, 7) is 4.85. The molecule has 0 fully saturated rings. The minimum absolute atomic E-state index is 0.0575. The van der Waals surface area contributed by atoms with Gasteiger partial charge in [0.15, 0.2) is 11.0 Å². The van der Waals surface area contributed by atoms with Crippen LogP contribution in [0.4, 0.5) is 5.69 Å². The summed E-state index contributed by atoms with van der Waals surface area (Å²) in [5.41, 5.74) is 3.09. The molecule has 0 radical (unpaired) electrons. The van der Waals surface area contributed by atoms with Gasteiger partial charge in [0, 0.05) is 43.5 Å². The molecule has 0 saturated carbocycles. The lowest BCUT2D eigenvalue weighted by atomic mass is 10.2. The number of carbonyl (C=O) groups excluding carboxylic acids is 1. The van der Waals surface area contributed by atoms with Gasteiger partial charge in [0.05, 0.1) is 5.75 Å². The number of hydrogen-bond donors (Lipinski definition) is 1. The number of halogens is 1. The first-order valence-corrected chi connectivity index (χ1v) is 10.8. The average molecular weight is 442 g/mol. The van der Waals surface area contributed by atoms with Crippen LogP contribution in [0.3, 0.4) is 0 Å². The first-order valence-electron chi connectivity index (χ1n) is 9.43. The highest BCUT2D eigenvalue weighted by Gasteiger charge is 2.15. The summed E-state index contributed by atoms with van der Waals surface area (Å²) in [6.07, 6.45) is 1.78. The van der Waals surface area contributed by atoms with E-state index in [-0.39, 0.29) is 11.7 Å². The van der Waals surface area contributed by atoms with Crippen molar-refractivity contribution in [2.75, 3.05) is 24.7 Å². The van der Waals surface area contributed by atoms with Crippen molar-refractivity contribution in [1.29, 1.82) is 0 Å². The molecule has 0 unspecified atom stereocenters. The number of nitrogens with zero attached hydrogens (tertiary/aromatic N) is 4. The van der Waals surface area contributed by atoms with Crippen molar-refractivity contribution in [3.8, 4) is 11.4 Å². The summed E-state index contributed by atoms with van der Waals surface area (Å²) >= 11 is 7.33. The Morgan fingerprint density at radius 3 is 2.50 bits per heavy atom. The molecule has 3 aromatic rings. The molecule has 1 N–H and O–H groups in total. The zero-order valence-electron chi connectivity index (χ0n) is 17.0. The van der Waals surface area contributed by atoms with Gasteiger partial charge in [0.25, 0.3) is 0 Å². The molecule has 0 aliphatic carbocycles. The molecule has 0 saturated heterocycles. The molecule has 1 heterocycles. The summed E-state index contributed by atoms with van der Waals surface area (Å²) in [5.74, 6) is 0.916. The Morgan fingerprint density at radius 2 is 1.87 bits per heavy atom. The normalized spacial score (nSPS) is 10.6. The minimum Gasteiger partial charge on any atom is -0.378 e. The maximum atomic E-state index is 12.3. The molecule has 8 heteroatoms. The van der Waals surface area contributed by atoms with Crippen LogP contribution < -0.4 is 10.2 Å². The monoisotopic (exact) mass is 441 g/mol. The standard InChI is InChI=1S/C22H24ClN5OS/c1-4-13-28-21(17-7-9-18(23)10-8-17)25-26-22(28)30-15-20(29)24-14-16-5-11-19(12-6-16)27(2)3/h4-12H,1,13-15H2,2-3H3,(H,24,29). The van der Waals surface area contributed by atoms with Crippen LogP contribution in [0.1, 0.15) is 5.56 Å². The van der Waals surface area contributed by atoms with Crippen LogP contribution in [-0.4, -0.2) is 40.5 Å². The smallest absolute Gasteiger partial charge is 0.230 e. The quantitative estimate of drug-likeness (QED) is 0.397. The van der Waals surface area contributed by atoms with Crippen LogP contribution in [0.5, 0.6) is 0 Å². The van der Waals surface area contributed by atoms with E-state index in [0.29, 0.717) is 23.3 Å². The lowest BCUT2D eigenvalue weighted by Gasteiger charge is -2.13. The zero-order valence-corrected chi connectivity index (χ0v) is 18.6. The number of anilines is 1. The maximum absolute atomic E-state index is 12.3. The van der Waals surface area contributed by atoms with Gasteiger partial charge >= 0.3 is 0 Å². The van der Waals surface area contributed by atoms with Gasteiger partial charge < -0.3 is 10.2 Å². The Balaban J connectivity index is 1.60. The van der Waals surface area contributed by atoms with Gasteiger partial charge in [-0.15, -0.1) is 16.8 Å². The van der Waals surface area contributed by atoms with Crippen LogP contribution in [0, 0.1) is 0 Å². The van der Waals surface area contributed by atoms with E-state index in [1.54, 1.807) is 6.08 Å². The molecular weight excluding hydrogens is 418 g/mol. The maximum Gasteiger partial charge on any atom is 0.230 e. The number of nitrogens with one attached hydrogen (secondary N) is 1. The summed E-state index contributed by atoms with van der Waals surface area (Å²) < 4.78 is 1.94. The zero-order chi connectivity index (χ0) is 21.5. The molecule has 1 aromatic heterocycles. The van der Waals surface area contributed by atoms with Crippen LogP contribution in [-0.2, 0) is 17.9 Å². The van der Waals surface area contributed by atoms with E-state index < -0.39 is 0 Å². The van der Waals surface area contributed by atoms with Gasteiger partial charge in [-0.1, -0.05) is 41.6 Å². The second kappa shape index (κ2) is 10.3. The van der Waals surface area contributed by atoms with E-state index in [1.807, 2.05) is 72.1 Å². The molecule has 2 aromatic carbocycles. The summed E-state index contributed by atoms with van der Waals surface area (Å²) in [5, 5.41) is 12.8. The molecule has 1 amide bonds. The second-order valence-corrected chi connectivity index (χ2v) is 8.22. The van der Waals surface area contributed by atoms with Gasteiger partial charge in [-0.2, -0.15) is 0 Å². The molecule has 0 atom stereocenters. The van der Waals surface area contributed by atoms with E-state index in [2.05, 4.69) is 22.1 Å². The Morgan fingerprint density at radius 1 is 1.17 bits per heavy atom. The molecule has 3 rings (SSSR count). The third-order valence-corrected chi connectivity index (χ3v) is 5.62. The van der Waals surface area contributed by atoms with Gasteiger partial charge in [-0.05, 0) is 42.0 Å². The van der Waals surface area contributed by atoms with Gasteiger partial charge in [0.1, 0.15) is 0 Å². The Hall–Kier alpha value is -2.77. The van der Waals surface area contributed by atoms with Crippen molar-refractivity contribution in [1.82, 2.24) is 20.1 Å². The van der Waals surface area contributed by atoms with Crippen LogP contribution in [0.15, 0.2) is 66.3 Å². The van der Waals surface area contributed by atoms with Gasteiger partial charge in [-0.25, -0.2) is 0 Å². The number of amides is 1. The van der Waals surface area contributed by atoms with Crippen molar-refractivity contribution < 1.29 is 4.79 Å². The minimum atomic E-state index is -0.0575. The van der Waals surface area contributed by atoms with Crippen LogP contribution in [0.25, 0.3) is 11.4 Å². The lowest BCUT2D eigenvalue weighted by molar-refractivity contribution is -0.118. The number of allylic oxidation sites excluding steroid dienone is 1.